The summed E-state index contributed by atoms with van der Waals surface area (Å²) in [6.07, 6.45) is -4.48. The highest BCUT2D eigenvalue weighted by atomic mass is 19.4. The number of alkyl halides is 3. The maximum absolute atomic E-state index is 12.7. The highest BCUT2D eigenvalue weighted by Crippen LogP contribution is 2.31. The van der Waals surface area contributed by atoms with E-state index in [1.807, 2.05) is 4.98 Å². The minimum Gasteiger partial charge on any atom is -0.332 e. The minimum absolute atomic E-state index is 0.0120. The van der Waals surface area contributed by atoms with E-state index in [4.69, 9.17) is 0 Å². The Morgan fingerprint density at radius 2 is 1.81 bits per heavy atom. The van der Waals surface area contributed by atoms with Gasteiger partial charge < -0.3 is 4.98 Å². The van der Waals surface area contributed by atoms with E-state index in [2.05, 4.69) is 15.0 Å². The number of nitrogens with one attached hydrogen (secondary N) is 3. The van der Waals surface area contributed by atoms with Crippen molar-refractivity contribution in [1.82, 2.24) is 19.9 Å². The number of H-pyrrole nitrogens is 3. The van der Waals surface area contributed by atoms with Crippen LogP contribution in [0.2, 0.25) is 0 Å². The van der Waals surface area contributed by atoms with Crippen LogP contribution in [0.4, 0.5) is 13.2 Å². The first kappa shape index (κ1) is 13.2. The van der Waals surface area contributed by atoms with Crippen molar-refractivity contribution in [3.05, 3.63) is 50.7 Å². The molecule has 0 saturated heterocycles. The normalized spacial score (nSPS) is 12.0. The van der Waals surface area contributed by atoms with Crippen LogP contribution in [0.25, 0.3) is 22.6 Å². The van der Waals surface area contributed by atoms with Crippen LogP contribution in [0.5, 0.6) is 0 Å². The Hall–Kier alpha value is -2.84. The van der Waals surface area contributed by atoms with Crippen LogP contribution < -0.4 is 11.2 Å². The van der Waals surface area contributed by atoms with Crippen LogP contribution in [0, 0.1) is 0 Å². The highest BCUT2D eigenvalue weighted by Gasteiger charge is 2.30. The third kappa shape index (κ3) is 2.33. The number of aromatic nitrogens is 4. The molecular weight excluding hydrogens is 289 g/mol. The third-order valence-electron chi connectivity index (χ3n) is 2.85. The Kier molecular flexibility index (Phi) is 2.71. The standard InChI is InChI=1S/C12H7F3N4O2/c13-12(14,15)6-3-1-2-5(4-6)8-16-7-9(17-8)18-11(21)19-10(7)20/h1-4H,(H3,16,17,18,19,20,21). The second-order valence-corrected chi connectivity index (χ2v) is 4.30. The monoisotopic (exact) mass is 296 g/mol. The predicted octanol–water partition coefficient (Wildman–Crippen LogP) is 1.63. The van der Waals surface area contributed by atoms with Gasteiger partial charge in [0, 0.05) is 5.56 Å². The van der Waals surface area contributed by atoms with Gasteiger partial charge in [-0.2, -0.15) is 13.2 Å². The Morgan fingerprint density at radius 3 is 2.52 bits per heavy atom. The fourth-order valence-electron chi connectivity index (χ4n) is 1.91. The van der Waals surface area contributed by atoms with Gasteiger partial charge in [-0.25, -0.2) is 9.78 Å². The lowest BCUT2D eigenvalue weighted by molar-refractivity contribution is -0.137. The van der Waals surface area contributed by atoms with Crippen LogP contribution in [0.3, 0.4) is 0 Å². The SMILES string of the molecule is O=c1[nH]c(=O)c2[nH]c(-c3cccc(C(F)(F)F)c3)nc2[nH]1. The lowest BCUT2D eigenvalue weighted by Crippen LogP contribution is -2.21. The lowest BCUT2D eigenvalue weighted by atomic mass is 10.1. The van der Waals surface area contributed by atoms with Crippen LogP contribution in [-0.2, 0) is 6.18 Å². The van der Waals surface area contributed by atoms with Crippen LogP contribution in [-0.4, -0.2) is 19.9 Å². The van der Waals surface area contributed by atoms with E-state index in [9.17, 15) is 22.8 Å². The fourth-order valence-corrected chi connectivity index (χ4v) is 1.91. The molecule has 108 valence electrons. The number of benzene rings is 1. The van der Waals surface area contributed by atoms with Gasteiger partial charge in [-0.3, -0.25) is 14.8 Å². The summed E-state index contributed by atoms with van der Waals surface area (Å²) in [5.74, 6) is 0.0588. The van der Waals surface area contributed by atoms with Crippen molar-refractivity contribution in [3.63, 3.8) is 0 Å². The molecule has 2 heterocycles. The van der Waals surface area contributed by atoms with Gasteiger partial charge in [0.2, 0.25) is 0 Å². The van der Waals surface area contributed by atoms with Gasteiger partial charge >= 0.3 is 11.9 Å². The smallest absolute Gasteiger partial charge is 0.332 e. The summed E-state index contributed by atoms with van der Waals surface area (Å²) in [4.78, 5) is 33.5. The van der Waals surface area contributed by atoms with Crippen LogP contribution >= 0.6 is 0 Å². The largest absolute Gasteiger partial charge is 0.416 e. The molecule has 0 atom stereocenters. The van der Waals surface area contributed by atoms with E-state index in [0.29, 0.717) is 0 Å². The number of hydrogen-bond acceptors (Lipinski definition) is 3. The zero-order chi connectivity index (χ0) is 15.2. The van der Waals surface area contributed by atoms with Crippen molar-refractivity contribution in [2.45, 2.75) is 6.18 Å². The van der Waals surface area contributed by atoms with Gasteiger partial charge in [0.15, 0.2) is 5.65 Å². The Balaban J connectivity index is 2.19. The molecule has 0 aliphatic heterocycles. The van der Waals surface area contributed by atoms with Gasteiger partial charge in [0.1, 0.15) is 11.3 Å². The van der Waals surface area contributed by atoms with Crippen LogP contribution in [0.15, 0.2) is 33.9 Å². The first-order chi connectivity index (χ1) is 9.84. The molecule has 9 heteroatoms. The number of nitrogens with zero attached hydrogens (tertiary/aromatic N) is 1. The molecule has 3 aromatic rings. The van der Waals surface area contributed by atoms with Gasteiger partial charge in [0.25, 0.3) is 5.56 Å². The lowest BCUT2D eigenvalue weighted by Gasteiger charge is -2.07. The topological polar surface area (TPSA) is 94.4 Å². The molecular formula is C12H7F3N4O2. The van der Waals surface area contributed by atoms with E-state index in [0.717, 1.165) is 12.1 Å². The summed E-state index contributed by atoms with van der Waals surface area (Å²) in [5, 5.41) is 0. The Morgan fingerprint density at radius 1 is 1.05 bits per heavy atom. The average Bonchev–Trinajstić information content (AvgIpc) is 2.82. The molecule has 0 fully saturated rings. The first-order valence-corrected chi connectivity index (χ1v) is 5.74. The van der Waals surface area contributed by atoms with Gasteiger partial charge in [-0.15, -0.1) is 0 Å². The summed E-state index contributed by atoms with van der Waals surface area (Å²) >= 11 is 0. The van der Waals surface area contributed by atoms with Crippen molar-refractivity contribution < 1.29 is 13.2 Å². The van der Waals surface area contributed by atoms with E-state index in [1.165, 1.54) is 12.1 Å². The molecule has 2 aromatic heterocycles. The third-order valence-corrected chi connectivity index (χ3v) is 2.85. The van der Waals surface area contributed by atoms with E-state index < -0.39 is 23.0 Å². The van der Waals surface area contributed by atoms with Crippen molar-refractivity contribution in [2.24, 2.45) is 0 Å². The molecule has 0 amide bonds. The van der Waals surface area contributed by atoms with Gasteiger partial charge in [-0.05, 0) is 12.1 Å². The molecule has 0 aliphatic rings. The van der Waals surface area contributed by atoms with E-state index >= 15 is 0 Å². The van der Waals surface area contributed by atoms with Gasteiger partial charge in [-0.1, -0.05) is 12.1 Å². The minimum atomic E-state index is -4.48. The first-order valence-electron chi connectivity index (χ1n) is 5.74. The number of halogens is 3. The van der Waals surface area contributed by atoms with Crippen molar-refractivity contribution in [1.29, 1.82) is 0 Å². The van der Waals surface area contributed by atoms with Gasteiger partial charge in [0.05, 0.1) is 5.56 Å². The fraction of sp³-hybridized carbons (Fsp3) is 0.0833. The molecule has 21 heavy (non-hydrogen) atoms. The summed E-state index contributed by atoms with van der Waals surface area (Å²) in [7, 11) is 0. The number of hydrogen-bond donors (Lipinski definition) is 3. The van der Waals surface area contributed by atoms with Crippen molar-refractivity contribution in [3.8, 4) is 11.4 Å². The summed E-state index contributed by atoms with van der Waals surface area (Å²) in [6.45, 7) is 0. The van der Waals surface area contributed by atoms with E-state index in [1.54, 1.807) is 0 Å². The second kappa shape index (κ2) is 4.33. The van der Waals surface area contributed by atoms with E-state index in [-0.39, 0.29) is 22.6 Å². The maximum atomic E-state index is 12.7. The molecule has 1 aromatic carbocycles. The summed E-state index contributed by atoms with van der Waals surface area (Å²) < 4.78 is 38.0. The average molecular weight is 296 g/mol. The quantitative estimate of drug-likeness (QED) is 0.637. The van der Waals surface area contributed by atoms with Crippen molar-refractivity contribution >= 4 is 11.2 Å². The summed E-state index contributed by atoms with van der Waals surface area (Å²) in [5.41, 5.74) is -2.14. The van der Waals surface area contributed by atoms with Crippen molar-refractivity contribution in [2.75, 3.05) is 0 Å². The zero-order valence-electron chi connectivity index (χ0n) is 10.2. The number of rotatable bonds is 1. The Bertz CT molecular complexity index is 936. The molecule has 0 unspecified atom stereocenters. The number of aromatic amines is 3. The molecule has 0 bridgehead atoms. The molecule has 0 saturated carbocycles. The second-order valence-electron chi connectivity index (χ2n) is 4.30. The molecule has 0 radical (unpaired) electrons. The number of imidazole rings is 1. The molecule has 3 rings (SSSR count). The molecule has 0 spiro atoms. The Labute approximate surface area is 113 Å². The highest BCUT2D eigenvalue weighted by molar-refractivity contribution is 5.74. The molecule has 6 nitrogen and oxygen atoms in total. The zero-order valence-corrected chi connectivity index (χ0v) is 10.2. The molecule has 0 aliphatic carbocycles. The summed E-state index contributed by atoms with van der Waals surface area (Å²) in [6, 6.07) is 4.49. The maximum Gasteiger partial charge on any atom is 0.416 e. The number of fused-ring (bicyclic) bond motifs is 1. The predicted molar refractivity (Wildman–Crippen MR) is 67.8 cm³/mol. The van der Waals surface area contributed by atoms with Crippen LogP contribution in [0.1, 0.15) is 5.56 Å². The molecule has 3 N–H and O–H groups in total.